The van der Waals surface area contributed by atoms with Crippen molar-refractivity contribution >= 4 is 11.3 Å². The Morgan fingerprint density at radius 1 is 1.18 bits per heavy atom. The van der Waals surface area contributed by atoms with Crippen LogP contribution in [0.5, 0.6) is 0 Å². The van der Waals surface area contributed by atoms with Gasteiger partial charge in [0.25, 0.3) is 0 Å². The van der Waals surface area contributed by atoms with Gasteiger partial charge in [-0.2, -0.15) is 0 Å². The number of unbranched alkanes of at least 4 members (excludes halogenated alkanes) is 3. The molecule has 0 aliphatic carbocycles. The van der Waals surface area contributed by atoms with Gasteiger partial charge in [0.05, 0.1) is 0 Å². The van der Waals surface area contributed by atoms with Crippen molar-refractivity contribution < 1.29 is 0 Å². The lowest BCUT2D eigenvalue weighted by Crippen LogP contribution is -2.09. The van der Waals surface area contributed by atoms with E-state index in [-0.39, 0.29) is 11.5 Å². The van der Waals surface area contributed by atoms with Crippen LogP contribution in [-0.4, -0.2) is 0 Å². The number of rotatable bonds is 6. The normalized spacial score (nSPS) is 13.9. The summed E-state index contributed by atoms with van der Waals surface area (Å²) in [5, 5.41) is 0. The van der Waals surface area contributed by atoms with Crippen LogP contribution < -0.4 is 5.73 Å². The zero-order valence-corrected chi connectivity index (χ0v) is 12.6. The van der Waals surface area contributed by atoms with Gasteiger partial charge in [-0.15, -0.1) is 11.3 Å². The lowest BCUT2D eigenvalue weighted by Gasteiger charge is -2.16. The number of hydrogen-bond acceptors (Lipinski definition) is 2. The molecular formula is C15H27NS. The molecule has 1 aromatic heterocycles. The molecule has 0 fully saturated rings. The molecule has 0 saturated heterocycles. The smallest absolute Gasteiger partial charge is 0.0389 e. The summed E-state index contributed by atoms with van der Waals surface area (Å²) in [5.41, 5.74) is 6.50. The van der Waals surface area contributed by atoms with Crippen LogP contribution >= 0.6 is 11.3 Å². The third kappa shape index (κ3) is 4.81. The minimum atomic E-state index is 0.243. The molecule has 2 heteroatoms. The summed E-state index contributed by atoms with van der Waals surface area (Å²) in [5.74, 6) is 0. The second kappa shape index (κ2) is 6.55. The van der Waals surface area contributed by atoms with Crippen LogP contribution in [0.4, 0.5) is 0 Å². The lowest BCUT2D eigenvalue weighted by atomic mass is 9.95. The standard InChI is InChI=1S/C15H27NS/c1-5-6-7-8-9-12(16)13-10-11-14(17-13)15(2,3)4/h10-12H,5-9,16H2,1-4H3. The minimum Gasteiger partial charge on any atom is -0.323 e. The van der Waals surface area contributed by atoms with Gasteiger partial charge in [0, 0.05) is 15.8 Å². The first-order chi connectivity index (χ1) is 7.95. The van der Waals surface area contributed by atoms with Crippen LogP contribution in [-0.2, 0) is 5.41 Å². The van der Waals surface area contributed by atoms with Crippen LogP contribution in [0, 0.1) is 0 Å². The maximum Gasteiger partial charge on any atom is 0.0389 e. The van der Waals surface area contributed by atoms with Crippen LogP contribution in [0.25, 0.3) is 0 Å². The predicted molar refractivity (Wildman–Crippen MR) is 78.7 cm³/mol. The molecule has 1 unspecified atom stereocenters. The number of thiophene rings is 1. The van der Waals surface area contributed by atoms with Gasteiger partial charge < -0.3 is 5.73 Å². The fourth-order valence-electron chi connectivity index (χ4n) is 1.89. The molecule has 1 heterocycles. The molecule has 0 aliphatic rings. The average molecular weight is 253 g/mol. The molecule has 0 spiro atoms. The Morgan fingerprint density at radius 2 is 1.88 bits per heavy atom. The third-order valence-electron chi connectivity index (χ3n) is 3.10. The van der Waals surface area contributed by atoms with E-state index in [0.29, 0.717) is 0 Å². The van der Waals surface area contributed by atoms with Crippen molar-refractivity contribution in [1.82, 2.24) is 0 Å². The third-order valence-corrected chi connectivity index (χ3v) is 4.74. The van der Waals surface area contributed by atoms with Gasteiger partial charge in [0.2, 0.25) is 0 Å². The molecule has 0 aliphatic heterocycles. The molecule has 0 amide bonds. The van der Waals surface area contributed by atoms with Crippen molar-refractivity contribution in [3.05, 3.63) is 21.9 Å². The van der Waals surface area contributed by atoms with Crippen molar-refractivity contribution in [3.63, 3.8) is 0 Å². The molecule has 0 radical (unpaired) electrons. The molecular weight excluding hydrogens is 226 g/mol. The van der Waals surface area contributed by atoms with E-state index in [1.54, 1.807) is 0 Å². The monoisotopic (exact) mass is 253 g/mol. The van der Waals surface area contributed by atoms with E-state index < -0.39 is 0 Å². The Bertz CT molecular complexity index is 322. The van der Waals surface area contributed by atoms with E-state index in [1.807, 2.05) is 11.3 Å². The summed E-state index contributed by atoms with van der Waals surface area (Å²) in [7, 11) is 0. The summed E-state index contributed by atoms with van der Waals surface area (Å²) in [6, 6.07) is 4.70. The first-order valence-electron chi connectivity index (χ1n) is 6.81. The predicted octanol–water partition coefficient (Wildman–Crippen LogP) is 5.02. The fraction of sp³-hybridized carbons (Fsp3) is 0.733. The first kappa shape index (κ1) is 14.7. The fourth-order valence-corrected chi connectivity index (χ4v) is 2.99. The second-order valence-corrected chi connectivity index (χ2v) is 7.02. The van der Waals surface area contributed by atoms with Crippen molar-refractivity contribution in [1.29, 1.82) is 0 Å². The molecule has 0 saturated carbocycles. The first-order valence-corrected chi connectivity index (χ1v) is 7.62. The molecule has 0 bridgehead atoms. The van der Waals surface area contributed by atoms with Crippen LogP contribution in [0.15, 0.2) is 12.1 Å². The quantitative estimate of drug-likeness (QED) is 0.708. The van der Waals surface area contributed by atoms with E-state index in [1.165, 1.54) is 35.4 Å². The van der Waals surface area contributed by atoms with Crippen molar-refractivity contribution in [3.8, 4) is 0 Å². The van der Waals surface area contributed by atoms with E-state index >= 15 is 0 Å². The van der Waals surface area contributed by atoms with Crippen LogP contribution in [0.2, 0.25) is 0 Å². The Balaban J connectivity index is 2.47. The van der Waals surface area contributed by atoms with Crippen molar-refractivity contribution in [2.75, 3.05) is 0 Å². The molecule has 17 heavy (non-hydrogen) atoms. The Kier molecular flexibility index (Phi) is 5.68. The van der Waals surface area contributed by atoms with E-state index in [4.69, 9.17) is 5.73 Å². The molecule has 0 aromatic carbocycles. The maximum absolute atomic E-state index is 6.24. The minimum absolute atomic E-state index is 0.243. The van der Waals surface area contributed by atoms with E-state index in [9.17, 15) is 0 Å². The molecule has 98 valence electrons. The SMILES string of the molecule is CCCCCCC(N)c1ccc(C(C)(C)C)s1. The summed E-state index contributed by atoms with van der Waals surface area (Å²) in [6.45, 7) is 9.02. The molecule has 1 atom stereocenters. The van der Waals surface area contributed by atoms with E-state index in [0.717, 1.165) is 6.42 Å². The van der Waals surface area contributed by atoms with Crippen molar-refractivity contribution in [2.45, 2.75) is 71.3 Å². The zero-order chi connectivity index (χ0) is 12.9. The Morgan fingerprint density at radius 3 is 2.41 bits per heavy atom. The lowest BCUT2D eigenvalue weighted by molar-refractivity contribution is 0.571. The zero-order valence-electron chi connectivity index (χ0n) is 11.8. The number of hydrogen-bond donors (Lipinski definition) is 1. The van der Waals surface area contributed by atoms with Gasteiger partial charge in [-0.3, -0.25) is 0 Å². The van der Waals surface area contributed by atoms with Gasteiger partial charge in [0.1, 0.15) is 0 Å². The largest absolute Gasteiger partial charge is 0.323 e. The summed E-state index contributed by atoms with van der Waals surface area (Å²) >= 11 is 1.89. The highest BCUT2D eigenvalue weighted by Gasteiger charge is 2.17. The molecule has 1 aromatic rings. The summed E-state index contributed by atoms with van der Waals surface area (Å²) < 4.78 is 0. The maximum atomic E-state index is 6.24. The van der Waals surface area contributed by atoms with Crippen LogP contribution in [0.1, 0.15) is 75.6 Å². The highest BCUT2D eigenvalue weighted by atomic mass is 32.1. The highest BCUT2D eigenvalue weighted by molar-refractivity contribution is 7.12. The van der Waals surface area contributed by atoms with Gasteiger partial charge in [-0.05, 0) is 24.0 Å². The summed E-state index contributed by atoms with van der Waals surface area (Å²) in [6.07, 6.45) is 6.34. The molecule has 2 N–H and O–H groups in total. The van der Waals surface area contributed by atoms with Crippen LogP contribution in [0.3, 0.4) is 0 Å². The van der Waals surface area contributed by atoms with Gasteiger partial charge in [0.15, 0.2) is 0 Å². The van der Waals surface area contributed by atoms with Crippen molar-refractivity contribution in [2.24, 2.45) is 5.73 Å². The van der Waals surface area contributed by atoms with E-state index in [2.05, 4.69) is 39.8 Å². The Hall–Kier alpha value is -0.340. The Labute approximate surface area is 110 Å². The van der Waals surface area contributed by atoms with Gasteiger partial charge in [-0.25, -0.2) is 0 Å². The van der Waals surface area contributed by atoms with Gasteiger partial charge in [-0.1, -0.05) is 53.4 Å². The highest BCUT2D eigenvalue weighted by Crippen LogP contribution is 2.32. The average Bonchev–Trinajstić information content (AvgIpc) is 2.72. The topological polar surface area (TPSA) is 26.0 Å². The number of nitrogens with two attached hydrogens (primary N) is 1. The summed E-state index contributed by atoms with van der Waals surface area (Å²) in [4.78, 5) is 2.79. The van der Waals surface area contributed by atoms with Gasteiger partial charge >= 0.3 is 0 Å². The molecule has 1 nitrogen and oxygen atoms in total. The molecule has 1 rings (SSSR count). The second-order valence-electron chi connectivity index (χ2n) is 5.91.